The smallest absolute Gasteiger partial charge is 0.410 e. The number of esters is 1. The summed E-state index contributed by atoms with van der Waals surface area (Å²) in [5.74, 6) is 0.187. The van der Waals surface area contributed by atoms with Crippen molar-refractivity contribution in [3.63, 3.8) is 0 Å². The maximum atomic E-state index is 12.3. The van der Waals surface area contributed by atoms with E-state index >= 15 is 0 Å². The van der Waals surface area contributed by atoms with Crippen molar-refractivity contribution >= 4 is 35.2 Å². The van der Waals surface area contributed by atoms with E-state index in [9.17, 15) is 9.59 Å². The number of hydrogen-bond donors (Lipinski definition) is 1. The Morgan fingerprint density at radius 1 is 1.30 bits per heavy atom. The van der Waals surface area contributed by atoms with Crippen LogP contribution in [-0.4, -0.2) is 58.8 Å². The topological polar surface area (TPSA) is 93.7 Å². The van der Waals surface area contributed by atoms with E-state index in [4.69, 9.17) is 21.1 Å². The first-order valence-corrected chi connectivity index (χ1v) is 10.6. The van der Waals surface area contributed by atoms with Gasteiger partial charge in [0.15, 0.2) is 0 Å². The summed E-state index contributed by atoms with van der Waals surface area (Å²) in [5, 5.41) is 3.75. The van der Waals surface area contributed by atoms with E-state index in [2.05, 4.69) is 15.3 Å². The lowest BCUT2D eigenvalue weighted by Gasteiger charge is -2.28. The Labute approximate surface area is 182 Å². The Morgan fingerprint density at radius 3 is 2.77 bits per heavy atom. The molecule has 164 valence electrons. The highest BCUT2D eigenvalue weighted by Crippen LogP contribution is 2.30. The first-order valence-electron chi connectivity index (χ1n) is 10.2. The zero-order chi connectivity index (χ0) is 21.9. The van der Waals surface area contributed by atoms with Crippen molar-refractivity contribution in [2.75, 3.05) is 25.5 Å². The Morgan fingerprint density at radius 2 is 2.07 bits per heavy atom. The number of carbonyl (C=O) groups is 2. The van der Waals surface area contributed by atoms with Crippen LogP contribution in [0.1, 0.15) is 52.1 Å². The van der Waals surface area contributed by atoms with Gasteiger partial charge in [0.05, 0.1) is 36.5 Å². The van der Waals surface area contributed by atoms with Crippen molar-refractivity contribution in [1.29, 1.82) is 0 Å². The number of rotatable bonds is 4. The molecule has 9 heteroatoms. The van der Waals surface area contributed by atoms with Crippen LogP contribution in [0.3, 0.4) is 0 Å². The number of ether oxygens (including phenoxy) is 2. The molecule has 0 radical (unpaired) electrons. The quantitative estimate of drug-likeness (QED) is 0.715. The van der Waals surface area contributed by atoms with Crippen molar-refractivity contribution in [3.8, 4) is 0 Å². The second kappa shape index (κ2) is 9.20. The van der Waals surface area contributed by atoms with Crippen LogP contribution in [0.2, 0.25) is 5.02 Å². The van der Waals surface area contributed by atoms with Crippen LogP contribution in [0.15, 0.2) is 12.3 Å². The van der Waals surface area contributed by atoms with Crippen molar-refractivity contribution < 1.29 is 19.1 Å². The third-order valence-corrected chi connectivity index (χ3v) is 5.44. The third-order valence-electron chi connectivity index (χ3n) is 5.16. The minimum Gasteiger partial charge on any atom is -0.469 e. The second-order valence-corrected chi connectivity index (χ2v) is 9.12. The van der Waals surface area contributed by atoms with Gasteiger partial charge in [0.1, 0.15) is 5.60 Å². The maximum Gasteiger partial charge on any atom is 0.410 e. The molecule has 0 bridgehead atoms. The van der Waals surface area contributed by atoms with Gasteiger partial charge < -0.3 is 19.7 Å². The van der Waals surface area contributed by atoms with Crippen molar-refractivity contribution in [2.24, 2.45) is 5.92 Å². The number of amides is 1. The van der Waals surface area contributed by atoms with E-state index < -0.39 is 5.60 Å². The summed E-state index contributed by atoms with van der Waals surface area (Å²) in [6.45, 7) is 6.33. The summed E-state index contributed by atoms with van der Waals surface area (Å²) in [6.07, 6.45) is 6.51. The summed E-state index contributed by atoms with van der Waals surface area (Å²) in [7, 11) is 1.42. The van der Waals surface area contributed by atoms with E-state index in [0.29, 0.717) is 36.2 Å². The van der Waals surface area contributed by atoms with E-state index in [1.807, 2.05) is 26.8 Å². The van der Waals surface area contributed by atoms with E-state index in [1.54, 1.807) is 11.1 Å². The fourth-order valence-electron chi connectivity index (χ4n) is 3.74. The Balaban J connectivity index is 1.66. The van der Waals surface area contributed by atoms with Crippen LogP contribution in [0.25, 0.3) is 5.57 Å². The van der Waals surface area contributed by atoms with Gasteiger partial charge in [-0.15, -0.1) is 0 Å². The highest BCUT2D eigenvalue weighted by atomic mass is 35.5. The van der Waals surface area contributed by atoms with Gasteiger partial charge in [-0.3, -0.25) is 4.79 Å². The predicted octanol–water partition coefficient (Wildman–Crippen LogP) is 3.91. The van der Waals surface area contributed by atoms with Gasteiger partial charge in [0.25, 0.3) is 0 Å². The number of hydrogen-bond acceptors (Lipinski definition) is 7. The number of nitrogens with zero attached hydrogens (tertiary/aromatic N) is 3. The molecule has 8 nitrogen and oxygen atoms in total. The molecule has 2 aliphatic rings. The van der Waals surface area contributed by atoms with Crippen LogP contribution >= 0.6 is 11.6 Å². The molecule has 0 spiro atoms. The summed E-state index contributed by atoms with van der Waals surface area (Å²) < 4.78 is 10.3. The molecular weight excluding hydrogens is 408 g/mol. The van der Waals surface area contributed by atoms with Crippen molar-refractivity contribution in [1.82, 2.24) is 14.9 Å². The normalized spacial score (nSPS) is 21.8. The largest absolute Gasteiger partial charge is 0.469 e. The Bertz CT molecular complexity index is 837. The summed E-state index contributed by atoms with van der Waals surface area (Å²) in [5.41, 5.74) is 0.902. The standard InChI is InChI=1S/C21H29ClN4O4/c1-21(2,3)30-20(28)26-9-8-14(12-26)17-16(22)11-23-19(25-17)24-15-7-5-6-13(10-15)18(27)29-4/h8,11,13,15H,5-7,9-10,12H2,1-4H3,(H,23,24,25). The van der Waals surface area contributed by atoms with Crippen molar-refractivity contribution in [2.45, 2.75) is 58.1 Å². The lowest BCUT2D eigenvalue weighted by molar-refractivity contribution is -0.146. The van der Waals surface area contributed by atoms with Gasteiger partial charge in [-0.25, -0.2) is 14.8 Å². The summed E-state index contributed by atoms with van der Waals surface area (Å²) in [4.78, 5) is 34.7. The average Bonchev–Trinajstić information content (AvgIpc) is 3.18. The maximum absolute atomic E-state index is 12.3. The van der Waals surface area contributed by atoms with E-state index in [-0.39, 0.29) is 24.0 Å². The molecule has 3 rings (SSSR count). The zero-order valence-electron chi connectivity index (χ0n) is 17.9. The van der Waals surface area contributed by atoms with E-state index in [1.165, 1.54) is 7.11 Å². The first-order chi connectivity index (χ1) is 14.2. The Hall–Kier alpha value is -2.35. The predicted molar refractivity (Wildman–Crippen MR) is 114 cm³/mol. The van der Waals surface area contributed by atoms with Crippen LogP contribution in [-0.2, 0) is 14.3 Å². The lowest BCUT2D eigenvalue weighted by atomic mass is 9.86. The summed E-state index contributed by atoms with van der Waals surface area (Å²) in [6, 6.07) is 0.0905. The number of nitrogens with one attached hydrogen (secondary N) is 1. The fraction of sp³-hybridized carbons (Fsp3) is 0.619. The number of aromatic nitrogens is 2. The van der Waals surface area contributed by atoms with Gasteiger partial charge in [0, 0.05) is 12.6 Å². The second-order valence-electron chi connectivity index (χ2n) is 8.71. The molecular formula is C21H29ClN4O4. The molecule has 1 fully saturated rings. The SMILES string of the molecule is COC(=O)C1CCCC(Nc2ncc(Cl)c(C3=CCN(C(=O)OC(C)(C)C)C3)n2)C1. The minimum atomic E-state index is -0.550. The lowest BCUT2D eigenvalue weighted by Crippen LogP contribution is -2.35. The number of methoxy groups -OCH3 is 1. The van der Waals surface area contributed by atoms with Gasteiger partial charge >= 0.3 is 12.1 Å². The molecule has 1 saturated carbocycles. The number of halogens is 1. The molecule has 1 N–H and O–H groups in total. The molecule has 1 aromatic heterocycles. The molecule has 30 heavy (non-hydrogen) atoms. The van der Waals surface area contributed by atoms with Crippen molar-refractivity contribution in [3.05, 3.63) is 23.0 Å². The molecule has 1 aromatic rings. The number of carbonyl (C=O) groups excluding carboxylic acids is 2. The van der Waals surface area contributed by atoms with Crippen LogP contribution in [0, 0.1) is 5.92 Å². The van der Waals surface area contributed by atoms with Gasteiger partial charge in [-0.05, 0) is 45.6 Å². The third kappa shape index (κ3) is 5.62. The minimum absolute atomic E-state index is 0.0905. The molecule has 2 heterocycles. The monoisotopic (exact) mass is 436 g/mol. The average molecular weight is 437 g/mol. The highest BCUT2D eigenvalue weighted by molar-refractivity contribution is 6.32. The van der Waals surface area contributed by atoms with Gasteiger partial charge in [-0.1, -0.05) is 24.1 Å². The molecule has 1 aliphatic heterocycles. The molecule has 2 atom stereocenters. The summed E-state index contributed by atoms with van der Waals surface area (Å²) >= 11 is 6.35. The van der Waals surface area contributed by atoms with E-state index in [0.717, 1.165) is 24.8 Å². The molecule has 0 saturated heterocycles. The fourth-order valence-corrected chi connectivity index (χ4v) is 3.95. The Kier molecular flexibility index (Phi) is 6.85. The molecule has 0 aromatic carbocycles. The number of anilines is 1. The molecule has 2 unspecified atom stereocenters. The van der Waals surface area contributed by atoms with Crippen LogP contribution in [0.4, 0.5) is 10.7 Å². The molecule has 1 amide bonds. The van der Waals surface area contributed by atoms with Gasteiger partial charge in [0.2, 0.25) is 5.95 Å². The molecule has 1 aliphatic carbocycles. The highest BCUT2D eigenvalue weighted by Gasteiger charge is 2.29. The zero-order valence-corrected chi connectivity index (χ0v) is 18.7. The van der Waals surface area contributed by atoms with Crippen LogP contribution in [0.5, 0.6) is 0 Å². The first kappa shape index (κ1) is 22.3. The van der Waals surface area contributed by atoms with Gasteiger partial charge in [-0.2, -0.15) is 0 Å². The van der Waals surface area contributed by atoms with Crippen LogP contribution < -0.4 is 5.32 Å².